The van der Waals surface area contributed by atoms with E-state index < -0.39 is 12.0 Å². The Balaban J connectivity index is 1.33. The van der Waals surface area contributed by atoms with Gasteiger partial charge in [-0.2, -0.15) is 0 Å². The van der Waals surface area contributed by atoms with E-state index in [1.165, 1.54) is 19.3 Å². The first kappa shape index (κ1) is 19.9. The summed E-state index contributed by atoms with van der Waals surface area (Å²) in [6.07, 6.45) is 13.4. The lowest BCUT2D eigenvalue weighted by molar-refractivity contribution is -0.533. The molecule has 0 radical (unpaired) electrons. The average molecular weight is 413 g/mol. The molecule has 5 unspecified atom stereocenters. The van der Waals surface area contributed by atoms with Crippen LogP contribution in [0.4, 0.5) is 0 Å². The molecule has 0 aromatic carbocycles. The van der Waals surface area contributed by atoms with Crippen molar-refractivity contribution in [3.63, 3.8) is 0 Å². The van der Waals surface area contributed by atoms with Gasteiger partial charge in [-0.15, -0.1) is 0 Å². The first-order valence-corrected chi connectivity index (χ1v) is 11.4. The zero-order valence-corrected chi connectivity index (χ0v) is 18.0. The van der Waals surface area contributed by atoms with Gasteiger partial charge in [0.2, 0.25) is 11.9 Å². The van der Waals surface area contributed by atoms with Crippen LogP contribution in [-0.4, -0.2) is 32.4 Å². The van der Waals surface area contributed by atoms with Crippen LogP contribution in [0.5, 0.6) is 0 Å². The highest BCUT2D eigenvalue weighted by molar-refractivity contribution is 5.80. The minimum Gasteiger partial charge on any atom is -0.350 e. The smallest absolute Gasteiger partial charge is 0.230 e. The molecule has 0 aliphatic heterocycles. The van der Waals surface area contributed by atoms with Crippen LogP contribution < -0.4 is 5.32 Å². The van der Waals surface area contributed by atoms with Crippen molar-refractivity contribution in [3.05, 3.63) is 34.4 Å². The van der Waals surface area contributed by atoms with Crippen molar-refractivity contribution in [2.75, 3.05) is 0 Å². The number of rotatable bonds is 4. The Labute approximate surface area is 177 Å². The molecule has 5 aliphatic rings. The van der Waals surface area contributed by atoms with Gasteiger partial charge in [-0.3, -0.25) is 24.9 Å². The van der Waals surface area contributed by atoms with Crippen LogP contribution in [0.2, 0.25) is 0 Å². The Morgan fingerprint density at radius 3 is 2.47 bits per heavy atom. The topological polar surface area (TPSA) is 98.0 Å². The van der Waals surface area contributed by atoms with Crippen LogP contribution in [-0.2, 0) is 4.79 Å². The van der Waals surface area contributed by atoms with Crippen LogP contribution in [0.3, 0.4) is 0 Å². The molecule has 1 N–H and O–H groups in total. The third-order valence-corrected chi connectivity index (χ3v) is 8.44. The normalized spacial score (nSPS) is 44.6. The first-order valence-electron chi connectivity index (χ1n) is 11.4. The molecule has 7 heteroatoms. The van der Waals surface area contributed by atoms with Gasteiger partial charge in [0.05, 0.1) is 5.69 Å². The summed E-state index contributed by atoms with van der Waals surface area (Å²) in [5, 5.41) is 15.3. The molecule has 5 atom stereocenters. The Morgan fingerprint density at radius 1 is 1.13 bits per heavy atom. The predicted molar refractivity (Wildman–Crippen MR) is 111 cm³/mol. The van der Waals surface area contributed by atoms with Crippen LogP contribution in [0.15, 0.2) is 18.6 Å². The molecule has 30 heavy (non-hydrogen) atoms. The molecule has 1 heterocycles. The van der Waals surface area contributed by atoms with Crippen molar-refractivity contribution in [1.29, 1.82) is 0 Å². The highest BCUT2D eigenvalue weighted by atomic mass is 16.6. The summed E-state index contributed by atoms with van der Waals surface area (Å²) >= 11 is 0. The number of nitro groups is 1. The number of carbonyl (C=O) groups excluding carboxylic acids is 1. The summed E-state index contributed by atoms with van der Waals surface area (Å²) < 4.78 is 0. The molecular weight excluding hydrogens is 380 g/mol. The Bertz CT molecular complexity index is 841. The summed E-state index contributed by atoms with van der Waals surface area (Å²) in [5.74, 6) is 0.0239. The maximum absolute atomic E-state index is 13.4. The fourth-order valence-electron chi connectivity index (χ4n) is 8.42. The molecule has 162 valence electrons. The van der Waals surface area contributed by atoms with E-state index in [2.05, 4.69) is 29.1 Å². The van der Waals surface area contributed by atoms with Gasteiger partial charge < -0.3 is 5.32 Å². The third-order valence-electron chi connectivity index (χ3n) is 8.44. The molecule has 0 saturated heterocycles. The molecule has 4 bridgehead atoms. The maximum atomic E-state index is 13.4. The van der Waals surface area contributed by atoms with Gasteiger partial charge in [0.15, 0.2) is 0 Å². The van der Waals surface area contributed by atoms with Gasteiger partial charge in [0.1, 0.15) is 5.92 Å². The largest absolute Gasteiger partial charge is 0.350 e. The summed E-state index contributed by atoms with van der Waals surface area (Å²) in [4.78, 5) is 33.5. The summed E-state index contributed by atoms with van der Waals surface area (Å²) in [5.41, 5.74) is 1.23. The number of carbonyl (C=O) groups is 1. The zero-order valence-electron chi connectivity index (χ0n) is 18.0. The number of aromatic nitrogens is 2. The number of amides is 1. The van der Waals surface area contributed by atoms with Crippen molar-refractivity contribution >= 4 is 5.91 Å². The molecule has 5 aliphatic carbocycles. The van der Waals surface area contributed by atoms with E-state index in [-0.39, 0.29) is 22.3 Å². The second-order valence-corrected chi connectivity index (χ2v) is 11.5. The monoisotopic (exact) mass is 412 g/mol. The van der Waals surface area contributed by atoms with E-state index in [1.807, 2.05) is 0 Å². The highest BCUT2D eigenvalue weighted by Crippen LogP contribution is 2.66. The Kier molecular flexibility index (Phi) is 4.46. The minimum absolute atomic E-state index is 0.00415. The molecule has 5 fully saturated rings. The maximum Gasteiger partial charge on any atom is 0.230 e. The molecular formula is C23H32N4O3. The fraction of sp³-hybridized carbons (Fsp3) is 0.783. The standard InChI is InChI=1S/C23H32N4O3/c1-21-8-15-9-22(2,12-21)14-23(10-15,13-21)26-20(28)17-4-3-16(7-19(17)27(29)30)18-11-24-5-6-25-18/h5-6,11,15-17,19H,3-4,7-10,12-14H2,1-2H3,(H,26,28). The summed E-state index contributed by atoms with van der Waals surface area (Å²) in [7, 11) is 0. The zero-order chi connectivity index (χ0) is 21.1. The van der Waals surface area contributed by atoms with E-state index in [0.29, 0.717) is 29.6 Å². The molecule has 1 amide bonds. The van der Waals surface area contributed by atoms with Gasteiger partial charge in [0.25, 0.3) is 0 Å². The van der Waals surface area contributed by atoms with Crippen molar-refractivity contribution in [2.24, 2.45) is 22.7 Å². The second-order valence-electron chi connectivity index (χ2n) is 11.5. The van der Waals surface area contributed by atoms with Gasteiger partial charge in [0, 0.05) is 41.4 Å². The Hall–Kier alpha value is -2.05. The third kappa shape index (κ3) is 3.40. The van der Waals surface area contributed by atoms with Crippen LogP contribution in [0.1, 0.15) is 83.2 Å². The molecule has 6 rings (SSSR count). The quantitative estimate of drug-likeness (QED) is 0.598. The van der Waals surface area contributed by atoms with Gasteiger partial charge >= 0.3 is 0 Å². The number of nitrogens with zero attached hydrogens (tertiary/aromatic N) is 3. The van der Waals surface area contributed by atoms with E-state index >= 15 is 0 Å². The van der Waals surface area contributed by atoms with Gasteiger partial charge in [-0.25, -0.2) is 0 Å². The molecule has 5 saturated carbocycles. The van der Waals surface area contributed by atoms with E-state index in [1.54, 1.807) is 18.6 Å². The molecule has 7 nitrogen and oxygen atoms in total. The summed E-state index contributed by atoms with van der Waals surface area (Å²) in [6, 6.07) is -0.856. The lowest BCUT2D eigenvalue weighted by atomic mass is 9.42. The van der Waals surface area contributed by atoms with Crippen LogP contribution in [0.25, 0.3) is 0 Å². The van der Waals surface area contributed by atoms with Gasteiger partial charge in [-0.05, 0) is 68.1 Å². The van der Waals surface area contributed by atoms with E-state index in [0.717, 1.165) is 31.4 Å². The SMILES string of the molecule is CC12CC3CC(C)(C1)CC(NC(=O)C1CCC(c4cnccn4)CC1[N+](=O)[O-])(C3)C2. The van der Waals surface area contributed by atoms with Crippen molar-refractivity contribution < 1.29 is 9.72 Å². The number of hydrogen-bond donors (Lipinski definition) is 1. The molecule has 1 aromatic heterocycles. The second kappa shape index (κ2) is 6.72. The van der Waals surface area contributed by atoms with Gasteiger partial charge in [-0.1, -0.05) is 13.8 Å². The minimum atomic E-state index is -0.856. The Morgan fingerprint density at radius 2 is 1.87 bits per heavy atom. The van der Waals surface area contributed by atoms with Crippen LogP contribution >= 0.6 is 0 Å². The average Bonchev–Trinajstić information content (AvgIpc) is 2.65. The number of nitrogens with one attached hydrogen (secondary N) is 1. The van der Waals surface area contributed by atoms with Crippen molar-refractivity contribution in [2.45, 2.75) is 89.1 Å². The first-order chi connectivity index (χ1) is 14.2. The van der Waals surface area contributed by atoms with E-state index in [4.69, 9.17) is 0 Å². The highest BCUT2D eigenvalue weighted by Gasteiger charge is 2.61. The lowest BCUT2D eigenvalue weighted by Gasteiger charge is -2.65. The van der Waals surface area contributed by atoms with E-state index in [9.17, 15) is 14.9 Å². The molecule has 0 spiro atoms. The van der Waals surface area contributed by atoms with Crippen molar-refractivity contribution in [1.82, 2.24) is 15.3 Å². The number of hydrogen-bond acceptors (Lipinski definition) is 5. The van der Waals surface area contributed by atoms with Crippen LogP contribution in [0, 0.1) is 32.8 Å². The lowest BCUT2D eigenvalue weighted by Crippen LogP contribution is -2.66. The van der Waals surface area contributed by atoms with Crippen molar-refractivity contribution in [3.8, 4) is 0 Å². The predicted octanol–water partition coefficient (Wildman–Crippen LogP) is 3.87. The molecule has 1 aromatic rings. The summed E-state index contributed by atoms with van der Waals surface area (Å²) in [6.45, 7) is 4.76. The fourth-order valence-corrected chi connectivity index (χ4v) is 8.42.